The smallest absolute Gasteiger partial charge is 0.290 e. The summed E-state index contributed by atoms with van der Waals surface area (Å²) in [5, 5.41) is 10.7. The Morgan fingerprint density at radius 2 is 1.83 bits per heavy atom. The van der Waals surface area contributed by atoms with E-state index < -0.39 is 11.9 Å². The van der Waals surface area contributed by atoms with E-state index in [1.54, 1.807) is 23.4 Å². The van der Waals surface area contributed by atoms with Gasteiger partial charge in [-0.05, 0) is 36.5 Å². The molecule has 1 aliphatic heterocycles. The van der Waals surface area contributed by atoms with Crippen LogP contribution in [0.1, 0.15) is 55.7 Å². The number of rotatable bonds is 6. The average molecular weight is 390 g/mol. The summed E-state index contributed by atoms with van der Waals surface area (Å²) in [7, 11) is 0. The summed E-state index contributed by atoms with van der Waals surface area (Å²) in [6.45, 7) is 0. The molecule has 4 rings (SSSR count). The molecule has 2 heterocycles. The number of nitrogens with zero attached hydrogens (tertiary/aromatic N) is 2. The van der Waals surface area contributed by atoms with Crippen molar-refractivity contribution in [3.8, 4) is 0 Å². The van der Waals surface area contributed by atoms with Crippen molar-refractivity contribution in [3.63, 3.8) is 0 Å². The van der Waals surface area contributed by atoms with Crippen LogP contribution < -0.4 is 0 Å². The quantitative estimate of drug-likeness (QED) is 0.798. The van der Waals surface area contributed by atoms with Gasteiger partial charge >= 0.3 is 0 Å². The Labute approximate surface area is 171 Å². The van der Waals surface area contributed by atoms with Gasteiger partial charge in [0.1, 0.15) is 0 Å². The zero-order chi connectivity index (χ0) is 20.2. The van der Waals surface area contributed by atoms with Crippen molar-refractivity contribution in [2.45, 2.75) is 57.0 Å². The van der Waals surface area contributed by atoms with Crippen LogP contribution in [0.4, 0.5) is 0 Å². The summed E-state index contributed by atoms with van der Waals surface area (Å²) in [6, 6.07) is 13.0. The van der Waals surface area contributed by atoms with Crippen LogP contribution >= 0.6 is 0 Å². The average Bonchev–Trinajstić information content (AvgIpc) is 3.05. The van der Waals surface area contributed by atoms with Gasteiger partial charge in [-0.1, -0.05) is 55.7 Å². The van der Waals surface area contributed by atoms with E-state index in [0.717, 1.165) is 36.8 Å². The van der Waals surface area contributed by atoms with Gasteiger partial charge in [0.05, 0.1) is 11.6 Å². The standard InChI is InChI=1S/C24H26N2O3/c27-20(14-13-17-8-3-1-4-9-17)21-22(18-10-7-15-25-16-18)26(24(29)23(21)28)19-11-5-2-6-12-19/h1,3-4,7-10,15-16,19,22,28H,2,5-6,11-14H2. The SMILES string of the molecule is O=C(CCc1ccccc1)C1=C(O)C(=O)N(C2CCCCC2)C1c1cccnc1. The minimum absolute atomic E-state index is 0.0445. The number of aryl methyl sites for hydroxylation is 1. The molecule has 2 aliphatic rings. The maximum absolute atomic E-state index is 13.2. The molecule has 1 unspecified atom stereocenters. The van der Waals surface area contributed by atoms with Crippen LogP contribution in [0.3, 0.4) is 0 Å². The van der Waals surface area contributed by atoms with E-state index in [0.29, 0.717) is 6.42 Å². The lowest BCUT2D eigenvalue weighted by Crippen LogP contribution is -2.41. The number of carbonyl (C=O) groups excluding carboxylic acids is 2. The normalized spacial score (nSPS) is 20.3. The van der Waals surface area contributed by atoms with E-state index in [9.17, 15) is 14.7 Å². The van der Waals surface area contributed by atoms with Gasteiger partial charge in [-0.3, -0.25) is 14.6 Å². The number of ketones is 1. The molecule has 0 radical (unpaired) electrons. The number of aromatic nitrogens is 1. The first kappa shape index (κ1) is 19.4. The largest absolute Gasteiger partial charge is 0.503 e. The molecule has 1 aliphatic carbocycles. The highest BCUT2D eigenvalue weighted by Gasteiger charge is 2.46. The molecule has 1 aromatic carbocycles. The molecule has 1 amide bonds. The van der Waals surface area contributed by atoms with Crippen molar-refractivity contribution >= 4 is 11.7 Å². The Bertz CT molecular complexity index is 902. The molecular formula is C24H26N2O3. The van der Waals surface area contributed by atoms with Crippen LogP contribution in [0.15, 0.2) is 66.2 Å². The van der Waals surface area contributed by atoms with Gasteiger partial charge in [0, 0.05) is 24.9 Å². The molecule has 2 aromatic rings. The third-order valence-corrected chi connectivity index (χ3v) is 6.00. The molecule has 1 saturated carbocycles. The van der Waals surface area contributed by atoms with E-state index in [1.807, 2.05) is 36.4 Å². The maximum atomic E-state index is 13.2. The van der Waals surface area contributed by atoms with Crippen molar-refractivity contribution in [2.75, 3.05) is 0 Å². The summed E-state index contributed by atoms with van der Waals surface area (Å²) in [6.07, 6.45) is 9.29. The number of benzene rings is 1. The summed E-state index contributed by atoms with van der Waals surface area (Å²) >= 11 is 0. The highest BCUT2D eigenvalue weighted by atomic mass is 16.3. The second kappa shape index (κ2) is 8.60. The zero-order valence-electron chi connectivity index (χ0n) is 16.5. The highest BCUT2D eigenvalue weighted by molar-refractivity contribution is 6.09. The van der Waals surface area contributed by atoms with Crippen LogP contribution in [-0.4, -0.2) is 32.7 Å². The van der Waals surface area contributed by atoms with E-state index in [-0.39, 0.29) is 29.6 Å². The van der Waals surface area contributed by atoms with Crippen LogP contribution in [0.5, 0.6) is 0 Å². The number of pyridine rings is 1. The zero-order valence-corrected chi connectivity index (χ0v) is 16.5. The number of aliphatic hydroxyl groups is 1. The molecule has 1 N–H and O–H groups in total. The molecule has 0 spiro atoms. The fraction of sp³-hybridized carbons (Fsp3) is 0.375. The number of aliphatic hydroxyl groups excluding tert-OH is 1. The Balaban J connectivity index is 1.64. The molecule has 150 valence electrons. The van der Waals surface area contributed by atoms with E-state index in [1.165, 1.54) is 6.42 Å². The Kier molecular flexibility index (Phi) is 5.74. The second-order valence-corrected chi connectivity index (χ2v) is 7.86. The number of hydrogen-bond donors (Lipinski definition) is 1. The van der Waals surface area contributed by atoms with Crippen molar-refractivity contribution in [1.29, 1.82) is 0 Å². The molecule has 0 saturated heterocycles. The van der Waals surface area contributed by atoms with Crippen molar-refractivity contribution in [1.82, 2.24) is 9.88 Å². The topological polar surface area (TPSA) is 70.5 Å². The van der Waals surface area contributed by atoms with Crippen LogP contribution in [0.25, 0.3) is 0 Å². The number of amides is 1. The first-order valence-corrected chi connectivity index (χ1v) is 10.4. The van der Waals surface area contributed by atoms with Gasteiger partial charge < -0.3 is 10.0 Å². The Morgan fingerprint density at radius 3 is 2.52 bits per heavy atom. The summed E-state index contributed by atoms with van der Waals surface area (Å²) < 4.78 is 0. The van der Waals surface area contributed by atoms with E-state index in [4.69, 9.17) is 0 Å². The summed E-state index contributed by atoms with van der Waals surface area (Å²) in [4.78, 5) is 32.1. The predicted molar refractivity (Wildman–Crippen MR) is 110 cm³/mol. The first-order valence-electron chi connectivity index (χ1n) is 10.4. The molecule has 5 heteroatoms. The van der Waals surface area contributed by atoms with Gasteiger partial charge in [0.25, 0.3) is 5.91 Å². The lowest BCUT2D eigenvalue weighted by atomic mass is 9.90. The minimum atomic E-state index is -0.553. The summed E-state index contributed by atoms with van der Waals surface area (Å²) in [5.74, 6) is -0.983. The van der Waals surface area contributed by atoms with Crippen LogP contribution in [0.2, 0.25) is 0 Å². The van der Waals surface area contributed by atoms with Crippen molar-refractivity contribution in [3.05, 3.63) is 77.3 Å². The molecular weight excluding hydrogens is 364 g/mol. The van der Waals surface area contributed by atoms with E-state index in [2.05, 4.69) is 4.98 Å². The second-order valence-electron chi connectivity index (χ2n) is 7.86. The first-order chi connectivity index (χ1) is 14.2. The molecule has 1 atom stereocenters. The molecule has 5 nitrogen and oxygen atoms in total. The highest BCUT2D eigenvalue weighted by Crippen LogP contribution is 2.42. The summed E-state index contributed by atoms with van der Waals surface area (Å²) in [5.41, 5.74) is 2.07. The molecule has 1 fully saturated rings. The third kappa shape index (κ3) is 3.95. The fourth-order valence-corrected chi connectivity index (χ4v) is 4.55. The Morgan fingerprint density at radius 1 is 1.07 bits per heavy atom. The molecule has 0 bridgehead atoms. The maximum Gasteiger partial charge on any atom is 0.290 e. The molecule has 29 heavy (non-hydrogen) atoms. The number of hydrogen-bond acceptors (Lipinski definition) is 4. The van der Waals surface area contributed by atoms with Crippen molar-refractivity contribution in [2.24, 2.45) is 0 Å². The predicted octanol–water partition coefficient (Wildman–Crippen LogP) is 4.31. The van der Waals surface area contributed by atoms with Crippen LogP contribution in [0, 0.1) is 0 Å². The lowest BCUT2D eigenvalue weighted by Gasteiger charge is -2.36. The number of carbonyl (C=O) groups is 2. The van der Waals surface area contributed by atoms with Gasteiger partial charge in [-0.15, -0.1) is 0 Å². The van der Waals surface area contributed by atoms with Gasteiger partial charge in [0.15, 0.2) is 11.5 Å². The van der Waals surface area contributed by atoms with E-state index >= 15 is 0 Å². The van der Waals surface area contributed by atoms with Gasteiger partial charge in [-0.2, -0.15) is 0 Å². The van der Waals surface area contributed by atoms with Gasteiger partial charge in [0.2, 0.25) is 0 Å². The monoisotopic (exact) mass is 390 g/mol. The van der Waals surface area contributed by atoms with Gasteiger partial charge in [-0.25, -0.2) is 0 Å². The molecule has 1 aromatic heterocycles. The van der Waals surface area contributed by atoms with Crippen LogP contribution in [-0.2, 0) is 16.0 Å². The third-order valence-electron chi connectivity index (χ3n) is 6.00. The Hall–Kier alpha value is -2.95. The number of Topliss-reactive ketones (excluding diaryl/α,β-unsaturated/α-hetero) is 1. The minimum Gasteiger partial charge on any atom is -0.503 e. The van der Waals surface area contributed by atoms with Crippen molar-refractivity contribution < 1.29 is 14.7 Å². The fourth-order valence-electron chi connectivity index (χ4n) is 4.55. The lowest BCUT2D eigenvalue weighted by molar-refractivity contribution is -0.132.